The van der Waals surface area contributed by atoms with E-state index in [2.05, 4.69) is 48.3 Å². The highest BCUT2D eigenvalue weighted by Gasteiger charge is 2.17. The third-order valence-corrected chi connectivity index (χ3v) is 4.07. The van der Waals surface area contributed by atoms with Crippen LogP contribution in [0.1, 0.15) is 32.3 Å². The summed E-state index contributed by atoms with van der Waals surface area (Å²) in [6.45, 7) is 8.75. The van der Waals surface area contributed by atoms with Gasteiger partial charge >= 0.3 is 0 Å². The van der Waals surface area contributed by atoms with Crippen molar-refractivity contribution >= 4 is 0 Å². The Bertz CT molecular complexity index is 458. The molecule has 0 atom stereocenters. The van der Waals surface area contributed by atoms with Gasteiger partial charge in [-0.2, -0.15) is 0 Å². The van der Waals surface area contributed by atoms with Gasteiger partial charge in [0.25, 0.3) is 0 Å². The summed E-state index contributed by atoms with van der Waals surface area (Å²) >= 11 is 0. The van der Waals surface area contributed by atoms with Gasteiger partial charge in [-0.15, -0.1) is 0 Å². The predicted molar refractivity (Wildman–Crippen MR) is 88.7 cm³/mol. The molecule has 0 spiro atoms. The van der Waals surface area contributed by atoms with Gasteiger partial charge < -0.3 is 10.1 Å². The summed E-state index contributed by atoms with van der Waals surface area (Å²) in [5.74, 6) is 0.936. The number of benzene rings is 1. The van der Waals surface area contributed by atoms with Crippen LogP contribution < -0.4 is 10.1 Å². The number of rotatable bonds is 6. The van der Waals surface area contributed by atoms with Crippen LogP contribution in [0.5, 0.6) is 5.75 Å². The van der Waals surface area contributed by atoms with E-state index in [1.807, 2.05) is 6.07 Å². The second-order valence-electron chi connectivity index (χ2n) is 6.09. The summed E-state index contributed by atoms with van der Waals surface area (Å²) in [6, 6.07) is 8.94. The minimum absolute atomic E-state index is 0.638. The largest absolute Gasteiger partial charge is 0.497 e. The molecule has 1 aromatic carbocycles. The van der Waals surface area contributed by atoms with Gasteiger partial charge in [-0.05, 0) is 57.5 Å². The van der Waals surface area contributed by atoms with Crippen molar-refractivity contribution in [2.24, 2.45) is 0 Å². The molecule has 1 saturated heterocycles. The Labute approximate surface area is 129 Å². The lowest BCUT2D eigenvalue weighted by Crippen LogP contribution is -2.42. The maximum absolute atomic E-state index is 5.27. The topological polar surface area (TPSA) is 24.5 Å². The smallest absolute Gasteiger partial charge is 0.119 e. The Hall–Kier alpha value is -1.32. The number of hydrogen-bond donors (Lipinski definition) is 1. The van der Waals surface area contributed by atoms with E-state index in [-0.39, 0.29) is 0 Å². The summed E-state index contributed by atoms with van der Waals surface area (Å²) in [5, 5.41) is 3.68. The fourth-order valence-corrected chi connectivity index (χ4v) is 2.68. The Morgan fingerprint density at radius 2 is 2.10 bits per heavy atom. The molecule has 1 aromatic rings. The summed E-state index contributed by atoms with van der Waals surface area (Å²) in [4.78, 5) is 2.54. The van der Waals surface area contributed by atoms with Crippen LogP contribution in [0.3, 0.4) is 0 Å². The zero-order valence-corrected chi connectivity index (χ0v) is 13.6. The van der Waals surface area contributed by atoms with Crippen LogP contribution in [0.25, 0.3) is 0 Å². The van der Waals surface area contributed by atoms with E-state index < -0.39 is 0 Å². The Kier molecular flexibility index (Phi) is 6.27. The minimum atomic E-state index is 0.638. The van der Waals surface area contributed by atoms with Crippen molar-refractivity contribution in [3.8, 4) is 5.75 Å². The molecule has 1 N–H and O–H groups in total. The van der Waals surface area contributed by atoms with Gasteiger partial charge in [-0.25, -0.2) is 0 Å². The summed E-state index contributed by atoms with van der Waals surface area (Å²) in [6.07, 6.45) is 4.80. The first-order valence-electron chi connectivity index (χ1n) is 7.89. The van der Waals surface area contributed by atoms with Crippen LogP contribution in [0.2, 0.25) is 0 Å². The molecular weight excluding hydrogens is 260 g/mol. The van der Waals surface area contributed by atoms with Crippen LogP contribution in [0, 0.1) is 0 Å². The van der Waals surface area contributed by atoms with Crippen molar-refractivity contribution in [3.63, 3.8) is 0 Å². The molecule has 2 rings (SSSR count). The van der Waals surface area contributed by atoms with Crippen LogP contribution >= 0.6 is 0 Å². The van der Waals surface area contributed by atoms with Crippen molar-refractivity contribution in [2.45, 2.75) is 39.3 Å². The van der Waals surface area contributed by atoms with E-state index in [9.17, 15) is 0 Å². The number of nitrogens with one attached hydrogen (secondary N) is 1. The summed E-state index contributed by atoms with van der Waals surface area (Å²) < 4.78 is 5.27. The Morgan fingerprint density at radius 1 is 1.33 bits per heavy atom. The van der Waals surface area contributed by atoms with E-state index in [0.717, 1.165) is 18.8 Å². The molecule has 0 aromatic heterocycles. The van der Waals surface area contributed by atoms with Gasteiger partial charge in [0.15, 0.2) is 0 Å². The first-order chi connectivity index (χ1) is 10.2. The normalized spacial score (nSPS) is 16.7. The Morgan fingerprint density at radius 3 is 2.76 bits per heavy atom. The fraction of sp³-hybridized carbons (Fsp3) is 0.556. The zero-order valence-electron chi connectivity index (χ0n) is 13.6. The number of allylic oxidation sites excluding steroid dienone is 1. The SMILES string of the molecule is COc1cccc(CNC2CCN(CC=C(C)C)CC2)c1. The van der Waals surface area contributed by atoms with Gasteiger partial charge in [-0.3, -0.25) is 4.90 Å². The van der Waals surface area contributed by atoms with Crippen LogP contribution in [-0.2, 0) is 6.54 Å². The second kappa shape index (κ2) is 8.20. The van der Waals surface area contributed by atoms with Crippen molar-refractivity contribution in [1.29, 1.82) is 0 Å². The maximum atomic E-state index is 5.27. The number of piperidine rings is 1. The quantitative estimate of drug-likeness (QED) is 0.814. The molecule has 21 heavy (non-hydrogen) atoms. The molecule has 1 heterocycles. The predicted octanol–water partition coefficient (Wildman–Crippen LogP) is 3.22. The zero-order chi connectivity index (χ0) is 15.1. The van der Waals surface area contributed by atoms with Crippen LogP contribution in [0.15, 0.2) is 35.9 Å². The molecular formula is C18H28N2O. The van der Waals surface area contributed by atoms with Crippen molar-refractivity contribution in [1.82, 2.24) is 10.2 Å². The first-order valence-corrected chi connectivity index (χ1v) is 7.89. The number of nitrogens with zero attached hydrogens (tertiary/aromatic N) is 1. The van der Waals surface area contributed by atoms with E-state index in [1.165, 1.54) is 37.1 Å². The third-order valence-electron chi connectivity index (χ3n) is 4.07. The van der Waals surface area contributed by atoms with E-state index in [0.29, 0.717) is 6.04 Å². The molecule has 3 nitrogen and oxygen atoms in total. The average molecular weight is 288 g/mol. The van der Waals surface area contributed by atoms with Crippen LogP contribution in [0.4, 0.5) is 0 Å². The minimum Gasteiger partial charge on any atom is -0.497 e. The molecule has 0 aliphatic carbocycles. The van der Waals surface area contributed by atoms with E-state index >= 15 is 0 Å². The lowest BCUT2D eigenvalue weighted by Gasteiger charge is -2.31. The lowest BCUT2D eigenvalue weighted by molar-refractivity contribution is 0.214. The molecule has 0 amide bonds. The monoisotopic (exact) mass is 288 g/mol. The molecule has 116 valence electrons. The molecule has 3 heteroatoms. The van der Waals surface area contributed by atoms with Gasteiger partial charge in [0, 0.05) is 19.1 Å². The third kappa shape index (κ3) is 5.52. The van der Waals surface area contributed by atoms with Gasteiger partial charge in [0.1, 0.15) is 5.75 Å². The molecule has 1 aliphatic heterocycles. The maximum Gasteiger partial charge on any atom is 0.119 e. The Balaban J connectivity index is 1.72. The first kappa shape index (κ1) is 16.1. The van der Waals surface area contributed by atoms with Crippen molar-refractivity contribution in [2.75, 3.05) is 26.7 Å². The summed E-state index contributed by atoms with van der Waals surface area (Å²) in [5.41, 5.74) is 2.70. The number of hydrogen-bond acceptors (Lipinski definition) is 3. The van der Waals surface area contributed by atoms with Gasteiger partial charge in [-0.1, -0.05) is 23.8 Å². The number of ether oxygens (including phenoxy) is 1. The lowest BCUT2D eigenvalue weighted by atomic mass is 10.0. The van der Waals surface area contributed by atoms with Crippen molar-refractivity contribution in [3.05, 3.63) is 41.5 Å². The van der Waals surface area contributed by atoms with Crippen LogP contribution in [-0.4, -0.2) is 37.7 Å². The van der Waals surface area contributed by atoms with E-state index in [4.69, 9.17) is 4.74 Å². The second-order valence-corrected chi connectivity index (χ2v) is 6.09. The molecule has 1 aliphatic rings. The highest BCUT2D eigenvalue weighted by Crippen LogP contribution is 2.14. The van der Waals surface area contributed by atoms with Gasteiger partial charge in [0.2, 0.25) is 0 Å². The van der Waals surface area contributed by atoms with Crippen molar-refractivity contribution < 1.29 is 4.74 Å². The van der Waals surface area contributed by atoms with Gasteiger partial charge in [0.05, 0.1) is 7.11 Å². The summed E-state index contributed by atoms with van der Waals surface area (Å²) in [7, 11) is 1.72. The van der Waals surface area contributed by atoms with E-state index in [1.54, 1.807) is 7.11 Å². The highest BCUT2D eigenvalue weighted by molar-refractivity contribution is 5.28. The highest BCUT2D eigenvalue weighted by atomic mass is 16.5. The molecule has 0 unspecified atom stereocenters. The molecule has 1 fully saturated rings. The molecule has 0 bridgehead atoms. The standard InChI is InChI=1S/C18H28N2O/c1-15(2)7-10-20-11-8-17(9-12-20)19-14-16-5-4-6-18(13-16)21-3/h4-7,13,17,19H,8-12,14H2,1-3H3. The fourth-order valence-electron chi connectivity index (χ4n) is 2.68. The number of likely N-dealkylation sites (tertiary alicyclic amines) is 1. The number of methoxy groups -OCH3 is 1. The average Bonchev–Trinajstić information content (AvgIpc) is 2.52. The molecule has 0 saturated carbocycles. The molecule has 0 radical (unpaired) electrons.